The molecule has 0 bridgehead atoms. The van der Waals surface area contributed by atoms with Crippen LogP contribution in [0.5, 0.6) is 0 Å². The molecule has 1 heterocycles. The zero-order valence-corrected chi connectivity index (χ0v) is 14.0. The summed E-state index contributed by atoms with van der Waals surface area (Å²) in [5.41, 5.74) is 2.53. The van der Waals surface area contributed by atoms with E-state index in [1.165, 1.54) is 0 Å². The van der Waals surface area contributed by atoms with Crippen LogP contribution < -0.4 is 5.32 Å². The molecule has 0 aliphatic rings. The largest absolute Gasteiger partial charge is 0.366 e. The number of hydrogen-bond donors (Lipinski definition) is 1. The van der Waals surface area contributed by atoms with E-state index in [-0.39, 0.29) is 5.82 Å². The van der Waals surface area contributed by atoms with Crippen molar-refractivity contribution in [3.05, 3.63) is 57.4 Å². The van der Waals surface area contributed by atoms with E-state index in [9.17, 15) is 4.39 Å². The summed E-state index contributed by atoms with van der Waals surface area (Å²) >= 11 is 3.42. The molecule has 21 heavy (non-hydrogen) atoms. The first kappa shape index (κ1) is 15.9. The third-order valence-corrected chi connectivity index (χ3v) is 3.94. The third kappa shape index (κ3) is 4.51. The van der Waals surface area contributed by atoms with Gasteiger partial charge in [-0.1, -0.05) is 12.1 Å². The van der Waals surface area contributed by atoms with Gasteiger partial charge in [0.05, 0.1) is 5.69 Å². The lowest BCUT2D eigenvalue weighted by Crippen LogP contribution is -2.12. The number of hydrogen-bond acceptors (Lipinski definition) is 3. The quantitative estimate of drug-likeness (QED) is 0.883. The van der Waals surface area contributed by atoms with Crippen molar-refractivity contribution in [3.63, 3.8) is 0 Å². The van der Waals surface area contributed by atoms with Crippen molar-refractivity contribution < 1.29 is 4.39 Å². The van der Waals surface area contributed by atoms with E-state index in [1.807, 2.05) is 50.2 Å². The van der Waals surface area contributed by atoms with Crippen LogP contribution in [0.25, 0.3) is 0 Å². The monoisotopic (exact) mass is 351 g/mol. The van der Waals surface area contributed by atoms with Crippen molar-refractivity contribution in [2.45, 2.75) is 20.0 Å². The average molecular weight is 352 g/mol. The maximum Gasteiger partial charge on any atom is 0.128 e. The van der Waals surface area contributed by atoms with Crippen molar-refractivity contribution >= 4 is 21.7 Å². The Labute approximate surface area is 133 Å². The van der Waals surface area contributed by atoms with Gasteiger partial charge in [0.2, 0.25) is 0 Å². The van der Waals surface area contributed by atoms with E-state index in [2.05, 4.69) is 26.2 Å². The van der Waals surface area contributed by atoms with Crippen molar-refractivity contribution in [2.75, 3.05) is 19.4 Å². The van der Waals surface area contributed by atoms with Crippen molar-refractivity contribution in [1.82, 2.24) is 9.88 Å². The molecule has 0 radical (unpaired) electrons. The summed E-state index contributed by atoms with van der Waals surface area (Å²) in [6.07, 6.45) is 0. The molecule has 0 spiro atoms. The Morgan fingerprint density at radius 3 is 2.62 bits per heavy atom. The predicted molar refractivity (Wildman–Crippen MR) is 87.8 cm³/mol. The molecule has 112 valence electrons. The Kier molecular flexibility index (Phi) is 5.31. The van der Waals surface area contributed by atoms with Gasteiger partial charge in [-0.15, -0.1) is 0 Å². The third-order valence-electron chi connectivity index (χ3n) is 3.10. The van der Waals surface area contributed by atoms with Gasteiger partial charge in [0.1, 0.15) is 11.6 Å². The number of aryl methyl sites for hydroxylation is 1. The molecule has 0 aliphatic heterocycles. The minimum Gasteiger partial charge on any atom is -0.366 e. The second kappa shape index (κ2) is 7.00. The van der Waals surface area contributed by atoms with Gasteiger partial charge in [0.15, 0.2) is 0 Å². The number of aromatic nitrogens is 1. The van der Waals surface area contributed by atoms with Crippen molar-refractivity contribution in [3.8, 4) is 0 Å². The normalized spacial score (nSPS) is 11.0. The van der Waals surface area contributed by atoms with Gasteiger partial charge in [-0.25, -0.2) is 9.37 Å². The summed E-state index contributed by atoms with van der Waals surface area (Å²) in [5.74, 6) is 0.622. The van der Waals surface area contributed by atoms with Crippen LogP contribution in [0.15, 0.2) is 34.8 Å². The van der Waals surface area contributed by atoms with Gasteiger partial charge in [-0.2, -0.15) is 0 Å². The molecular weight excluding hydrogens is 333 g/mol. The molecule has 0 saturated carbocycles. The van der Waals surface area contributed by atoms with Gasteiger partial charge >= 0.3 is 0 Å². The maximum atomic E-state index is 14.0. The van der Waals surface area contributed by atoms with Gasteiger partial charge in [0, 0.05) is 23.1 Å². The van der Waals surface area contributed by atoms with Gasteiger partial charge in [-0.3, -0.25) is 0 Å². The maximum absolute atomic E-state index is 14.0. The predicted octanol–water partition coefficient (Wildman–Crippen LogP) is 3.97. The summed E-state index contributed by atoms with van der Waals surface area (Å²) in [5, 5.41) is 3.21. The highest BCUT2D eigenvalue weighted by atomic mass is 79.9. The lowest BCUT2D eigenvalue weighted by atomic mass is 10.1. The highest BCUT2D eigenvalue weighted by Gasteiger charge is 2.05. The summed E-state index contributed by atoms with van der Waals surface area (Å²) in [7, 11) is 3.85. The topological polar surface area (TPSA) is 28.2 Å². The molecule has 0 amide bonds. The Morgan fingerprint density at radius 1 is 1.24 bits per heavy atom. The number of pyridine rings is 1. The summed E-state index contributed by atoms with van der Waals surface area (Å²) < 4.78 is 15.0. The van der Waals surface area contributed by atoms with Crippen LogP contribution in [0.3, 0.4) is 0 Å². The average Bonchev–Trinajstić information content (AvgIpc) is 2.42. The van der Waals surface area contributed by atoms with Crippen LogP contribution in [0.1, 0.15) is 16.8 Å². The smallest absolute Gasteiger partial charge is 0.128 e. The van der Waals surface area contributed by atoms with Gasteiger partial charge in [0.25, 0.3) is 0 Å². The molecule has 1 aromatic heterocycles. The van der Waals surface area contributed by atoms with E-state index in [0.29, 0.717) is 18.7 Å². The van der Waals surface area contributed by atoms with E-state index < -0.39 is 0 Å². The molecule has 1 N–H and O–H groups in total. The van der Waals surface area contributed by atoms with Crippen LogP contribution in [-0.2, 0) is 13.1 Å². The molecule has 0 fully saturated rings. The van der Waals surface area contributed by atoms with E-state index in [0.717, 1.165) is 21.5 Å². The van der Waals surface area contributed by atoms with Crippen molar-refractivity contribution in [1.29, 1.82) is 0 Å². The molecule has 0 aliphatic carbocycles. The Balaban J connectivity index is 2.03. The summed E-state index contributed by atoms with van der Waals surface area (Å²) in [6, 6.07) is 9.21. The lowest BCUT2D eigenvalue weighted by molar-refractivity contribution is 0.392. The number of nitrogens with one attached hydrogen (secondary N) is 1. The summed E-state index contributed by atoms with van der Waals surface area (Å²) in [6.45, 7) is 3.09. The number of halogens is 2. The first-order chi connectivity index (χ1) is 9.95. The first-order valence-electron chi connectivity index (χ1n) is 6.75. The minimum absolute atomic E-state index is 0.164. The molecule has 1 aromatic carbocycles. The fourth-order valence-corrected chi connectivity index (χ4v) is 2.23. The summed E-state index contributed by atoms with van der Waals surface area (Å²) in [4.78, 5) is 6.36. The van der Waals surface area contributed by atoms with Crippen LogP contribution in [0.4, 0.5) is 10.2 Å². The fraction of sp³-hybridized carbons (Fsp3) is 0.312. The Morgan fingerprint density at radius 2 is 2.00 bits per heavy atom. The van der Waals surface area contributed by atoms with E-state index in [4.69, 9.17) is 0 Å². The molecule has 0 saturated heterocycles. The van der Waals surface area contributed by atoms with E-state index in [1.54, 1.807) is 6.07 Å². The van der Waals surface area contributed by atoms with Crippen LogP contribution >= 0.6 is 15.9 Å². The molecule has 0 atom stereocenters. The Hall–Kier alpha value is -1.46. The molecular formula is C16H19BrFN3. The highest BCUT2D eigenvalue weighted by molar-refractivity contribution is 9.10. The van der Waals surface area contributed by atoms with Crippen LogP contribution in [0, 0.1) is 12.7 Å². The number of nitrogens with zero attached hydrogens (tertiary/aromatic N) is 2. The van der Waals surface area contributed by atoms with Gasteiger partial charge < -0.3 is 10.2 Å². The molecule has 2 aromatic rings. The molecule has 0 unspecified atom stereocenters. The first-order valence-corrected chi connectivity index (χ1v) is 7.54. The van der Waals surface area contributed by atoms with Gasteiger partial charge in [-0.05, 0) is 60.7 Å². The standard InChI is InChI=1S/C16H19BrFN3/c1-11-14(17)6-7-16(20-11)19-9-12-4-5-13(10-21(2)3)15(18)8-12/h4-8H,9-10H2,1-3H3,(H,19,20). The number of rotatable bonds is 5. The zero-order valence-electron chi connectivity index (χ0n) is 12.5. The lowest BCUT2D eigenvalue weighted by Gasteiger charge is -2.12. The molecule has 3 nitrogen and oxygen atoms in total. The number of anilines is 1. The zero-order chi connectivity index (χ0) is 15.4. The second-order valence-electron chi connectivity index (χ2n) is 5.28. The minimum atomic E-state index is -0.164. The second-order valence-corrected chi connectivity index (χ2v) is 6.14. The SMILES string of the molecule is Cc1nc(NCc2ccc(CN(C)C)c(F)c2)ccc1Br. The van der Waals surface area contributed by atoms with Crippen molar-refractivity contribution in [2.24, 2.45) is 0 Å². The van der Waals surface area contributed by atoms with E-state index >= 15 is 0 Å². The fourth-order valence-electron chi connectivity index (χ4n) is 2.00. The van der Waals surface area contributed by atoms with Crippen LogP contribution in [-0.4, -0.2) is 24.0 Å². The Bertz CT molecular complexity index is 629. The van der Waals surface area contributed by atoms with Crippen LogP contribution in [0.2, 0.25) is 0 Å². The highest BCUT2D eigenvalue weighted by Crippen LogP contribution is 2.17. The molecule has 2 rings (SSSR count). The number of benzene rings is 1. The molecule has 5 heteroatoms.